The predicted octanol–water partition coefficient (Wildman–Crippen LogP) is 3.85. The van der Waals surface area contributed by atoms with Gasteiger partial charge in [-0.05, 0) is 68.4 Å². The molecule has 0 radical (unpaired) electrons. The highest BCUT2D eigenvalue weighted by Crippen LogP contribution is 2.57. The number of halogens is 2. The van der Waals surface area contributed by atoms with Gasteiger partial charge >= 0.3 is 0 Å². The first-order chi connectivity index (χ1) is 13.9. The van der Waals surface area contributed by atoms with Crippen LogP contribution in [-0.4, -0.2) is 27.8 Å². The maximum Gasteiger partial charge on any atom is 0.240 e. The lowest BCUT2D eigenvalue weighted by molar-refractivity contribution is -0.122. The first kappa shape index (κ1) is 19.0. The van der Waals surface area contributed by atoms with Crippen LogP contribution in [0.3, 0.4) is 0 Å². The third-order valence-corrected chi connectivity index (χ3v) is 7.80. The first-order valence-corrected chi connectivity index (χ1v) is 11.1. The molecule has 2 amide bonds. The zero-order chi connectivity index (χ0) is 20.2. The van der Waals surface area contributed by atoms with Gasteiger partial charge < -0.3 is 10.6 Å². The summed E-state index contributed by atoms with van der Waals surface area (Å²) in [5, 5.41) is 5.01. The number of hydrogen-bond donors (Lipinski definition) is 2. The molecule has 1 saturated heterocycles. The second-order valence-corrected chi connectivity index (χ2v) is 10.2. The number of thioether (sulfide) groups is 1. The van der Waals surface area contributed by atoms with Crippen LogP contribution in [0.1, 0.15) is 44.9 Å². The van der Waals surface area contributed by atoms with Crippen LogP contribution in [-0.2, 0) is 9.59 Å². The van der Waals surface area contributed by atoms with Crippen molar-refractivity contribution in [3.63, 3.8) is 0 Å². The Hall–Kier alpha value is -1.96. The van der Waals surface area contributed by atoms with Gasteiger partial charge in [0, 0.05) is 6.42 Å². The van der Waals surface area contributed by atoms with E-state index in [0.717, 1.165) is 49.1 Å². The van der Waals surface area contributed by atoms with Gasteiger partial charge in [0.1, 0.15) is 22.6 Å². The molecule has 1 heterocycles. The SMILES string of the molecule is O=C(CC1SC(=NC23CC4CC(CC(C4)C2)C3)NC1=O)Nc1c(F)cccc1F. The molecule has 154 valence electrons. The number of amides is 2. The number of carbonyl (C=O) groups is 2. The fourth-order valence-corrected chi connectivity index (χ4v) is 7.06. The lowest BCUT2D eigenvalue weighted by Gasteiger charge is -2.55. The van der Waals surface area contributed by atoms with Crippen LogP contribution in [0.25, 0.3) is 0 Å². The number of carbonyl (C=O) groups excluding carboxylic acids is 2. The Labute approximate surface area is 172 Å². The van der Waals surface area contributed by atoms with Gasteiger partial charge in [-0.15, -0.1) is 0 Å². The van der Waals surface area contributed by atoms with E-state index >= 15 is 0 Å². The molecular weight excluding hydrogens is 396 g/mol. The smallest absolute Gasteiger partial charge is 0.240 e. The monoisotopic (exact) mass is 419 g/mol. The Morgan fingerprint density at radius 2 is 1.72 bits per heavy atom. The van der Waals surface area contributed by atoms with Crippen molar-refractivity contribution in [2.24, 2.45) is 22.7 Å². The second-order valence-electron chi connectivity index (χ2n) is 9.00. The molecular formula is C21H23F2N3O2S. The molecule has 1 atom stereocenters. The fraction of sp³-hybridized carbons (Fsp3) is 0.571. The summed E-state index contributed by atoms with van der Waals surface area (Å²) in [5.74, 6) is -0.294. The summed E-state index contributed by atoms with van der Waals surface area (Å²) in [6.07, 6.45) is 7.07. The Bertz CT molecular complexity index is 848. The lowest BCUT2D eigenvalue weighted by atomic mass is 9.53. The van der Waals surface area contributed by atoms with E-state index in [4.69, 9.17) is 4.99 Å². The highest BCUT2D eigenvalue weighted by molar-refractivity contribution is 8.15. The molecule has 4 bridgehead atoms. The number of amidine groups is 1. The van der Waals surface area contributed by atoms with Crippen molar-refractivity contribution in [3.05, 3.63) is 29.8 Å². The molecule has 4 saturated carbocycles. The van der Waals surface area contributed by atoms with E-state index in [2.05, 4.69) is 10.6 Å². The summed E-state index contributed by atoms with van der Waals surface area (Å²) in [4.78, 5) is 29.6. The summed E-state index contributed by atoms with van der Waals surface area (Å²) in [7, 11) is 0. The largest absolute Gasteiger partial charge is 0.321 e. The minimum Gasteiger partial charge on any atom is -0.321 e. The van der Waals surface area contributed by atoms with Crippen LogP contribution < -0.4 is 10.6 Å². The molecule has 0 spiro atoms. The molecule has 8 heteroatoms. The highest BCUT2D eigenvalue weighted by atomic mass is 32.2. The van der Waals surface area contributed by atoms with Crippen LogP contribution in [0.15, 0.2) is 23.2 Å². The second kappa shape index (κ2) is 7.07. The van der Waals surface area contributed by atoms with Crippen molar-refractivity contribution in [1.29, 1.82) is 0 Å². The number of benzene rings is 1. The first-order valence-electron chi connectivity index (χ1n) is 10.2. The minimum absolute atomic E-state index is 0.0577. The van der Waals surface area contributed by atoms with Crippen molar-refractivity contribution < 1.29 is 18.4 Å². The molecule has 29 heavy (non-hydrogen) atoms. The molecule has 1 aromatic rings. The van der Waals surface area contributed by atoms with Crippen molar-refractivity contribution in [3.8, 4) is 0 Å². The van der Waals surface area contributed by atoms with E-state index in [0.29, 0.717) is 5.17 Å². The van der Waals surface area contributed by atoms with E-state index in [1.54, 1.807) is 0 Å². The van der Waals surface area contributed by atoms with Crippen molar-refractivity contribution >= 4 is 34.4 Å². The molecule has 0 aromatic heterocycles. The van der Waals surface area contributed by atoms with Crippen LogP contribution in [0, 0.1) is 29.4 Å². The van der Waals surface area contributed by atoms with E-state index in [9.17, 15) is 18.4 Å². The van der Waals surface area contributed by atoms with Crippen molar-refractivity contribution in [1.82, 2.24) is 5.32 Å². The van der Waals surface area contributed by atoms with Gasteiger partial charge in [-0.2, -0.15) is 0 Å². The number of aliphatic imine (C=N–C) groups is 1. The molecule has 5 nitrogen and oxygen atoms in total. The molecule has 1 aromatic carbocycles. The number of nitrogens with one attached hydrogen (secondary N) is 2. The van der Waals surface area contributed by atoms with Crippen LogP contribution >= 0.6 is 11.8 Å². The summed E-state index contributed by atoms with van der Waals surface area (Å²) < 4.78 is 27.4. The standard InChI is InChI=1S/C21H23F2N3O2S/c22-14-2-1-3-15(23)18(14)24-17(27)7-16-19(28)25-20(29-16)26-21-8-11-4-12(9-21)6-13(5-11)10-21/h1-3,11-13,16H,4-10H2,(H,24,27)(H,25,26,28). The maximum atomic E-state index is 13.7. The summed E-state index contributed by atoms with van der Waals surface area (Å²) in [6, 6.07) is 3.38. The van der Waals surface area contributed by atoms with Crippen LogP contribution in [0.4, 0.5) is 14.5 Å². The lowest BCUT2D eigenvalue weighted by Crippen LogP contribution is -2.50. The zero-order valence-electron chi connectivity index (χ0n) is 15.9. The average Bonchev–Trinajstić information content (AvgIpc) is 2.95. The fourth-order valence-electron chi connectivity index (χ4n) is 5.99. The van der Waals surface area contributed by atoms with Crippen molar-refractivity contribution in [2.45, 2.75) is 55.7 Å². The molecule has 6 rings (SSSR count). The molecule has 5 aliphatic rings. The van der Waals surface area contributed by atoms with E-state index in [1.807, 2.05) is 0 Å². The highest BCUT2D eigenvalue weighted by Gasteiger charge is 2.51. The minimum atomic E-state index is -0.842. The van der Waals surface area contributed by atoms with Gasteiger partial charge in [-0.1, -0.05) is 17.8 Å². The molecule has 1 aliphatic heterocycles. The van der Waals surface area contributed by atoms with E-state index in [-0.39, 0.29) is 17.9 Å². The number of hydrogen-bond acceptors (Lipinski definition) is 4. The molecule has 4 aliphatic carbocycles. The molecule has 5 fully saturated rings. The van der Waals surface area contributed by atoms with Crippen LogP contribution in [0.5, 0.6) is 0 Å². The number of anilines is 1. The van der Waals surface area contributed by atoms with Gasteiger partial charge in [-0.25, -0.2) is 8.78 Å². The van der Waals surface area contributed by atoms with Gasteiger partial charge in [0.05, 0.1) is 5.54 Å². The topological polar surface area (TPSA) is 70.6 Å². The van der Waals surface area contributed by atoms with Crippen LogP contribution in [0.2, 0.25) is 0 Å². The van der Waals surface area contributed by atoms with Crippen molar-refractivity contribution in [2.75, 3.05) is 5.32 Å². The average molecular weight is 419 g/mol. The summed E-state index contributed by atoms with van der Waals surface area (Å²) in [5.41, 5.74) is -0.541. The number of rotatable bonds is 4. The Kier molecular flexibility index (Phi) is 4.64. The third kappa shape index (κ3) is 3.67. The zero-order valence-corrected chi connectivity index (χ0v) is 16.7. The molecule has 2 N–H and O–H groups in total. The van der Waals surface area contributed by atoms with E-state index < -0.39 is 28.5 Å². The maximum absolute atomic E-state index is 13.7. The Morgan fingerprint density at radius 1 is 1.14 bits per heavy atom. The predicted molar refractivity (Wildman–Crippen MR) is 107 cm³/mol. The summed E-state index contributed by atoms with van der Waals surface area (Å²) >= 11 is 1.26. The van der Waals surface area contributed by atoms with Gasteiger partial charge in [0.15, 0.2) is 5.17 Å². The Balaban J connectivity index is 1.25. The van der Waals surface area contributed by atoms with Gasteiger partial charge in [-0.3, -0.25) is 14.6 Å². The normalized spacial score (nSPS) is 36.5. The third-order valence-electron chi connectivity index (χ3n) is 6.72. The number of nitrogens with zero attached hydrogens (tertiary/aromatic N) is 1. The van der Waals surface area contributed by atoms with Gasteiger partial charge in [0.25, 0.3) is 0 Å². The Morgan fingerprint density at radius 3 is 2.31 bits per heavy atom. The van der Waals surface area contributed by atoms with Gasteiger partial charge in [0.2, 0.25) is 11.8 Å². The molecule has 1 unspecified atom stereocenters. The summed E-state index contributed by atoms with van der Waals surface area (Å²) in [6.45, 7) is 0. The quantitative estimate of drug-likeness (QED) is 0.779. The number of para-hydroxylation sites is 1. The van der Waals surface area contributed by atoms with E-state index in [1.165, 1.54) is 37.1 Å².